The van der Waals surface area contributed by atoms with E-state index in [1.165, 1.54) is 6.20 Å². The van der Waals surface area contributed by atoms with Gasteiger partial charge in [-0.1, -0.05) is 29.3 Å². The Balaban J connectivity index is 1.75. The third-order valence-corrected chi connectivity index (χ3v) is 7.15. The summed E-state index contributed by atoms with van der Waals surface area (Å²) in [5, 5.41) is 5.16. The fraction of sp³-hybridized carbons (Fsp3) is 0.0500. The van der Waals surface area contributed by atoms with E-state index in [0.717, 1.165) is 18.3 Å². The number of nitrogens with zero attached hydrogens (tertiary/aromatic N) is 2. The van der Waals surface area contributed by atoms with Gasteiger partial charge in [0.1, 0.15) is 12.4 Å². The van der Waals surface area contributed by atoms with Crippen LogP contribution >= 0.6 is 68.4 Å². The van der Waals surface area contributed by atoms with Crippen molar-refractivity contribution < 1.29 is 9.53 Å². The molecule has 3 rings (SSSR count). The molecule has 0 atom stereocenters. The predicted octanol–water partition coefficient (Wildman–Crippen LogP) is 5.94. The molecule has 0 aliphatic heterocycles. The number of hydrogen-bond donors (Lipinski definition) is 1. The van der Waals surface area contributed by atoms with Crippen molar-refractivity contribution in [1.29, 1.82) is 0 Å². The summed E-state index contributed by atoms with van der Waals surface area (Å²) < 4.78 is 8.05. The van der Waals surface area contributed by atoms with Crippen LogP contribution in [0.2, 0.25) is 10.0 Å². The van der Waals surface area contributed by atoms with Gasteiger partial charge in [0.05, 0.1) is 11.8 Å². The van der Waals surface area contributed by atoms with E-state index >= 15 is 0 Å². The van der Waals surface area contributed by atoms with E-state index in [0.29, 0.717) is 21.4 Å². The van der Waals surface area contributed by atoms with Crippen LogP contribution in [0, 0.1) is 7.14 Å². The Morgan fingerprint density at radius 3 is 2.69 bits per heavy atom. The third kappa shape index (κ3) is 6.27. The van der Waals surface area contributed by atoms with Crippen molar-refractivity contribution in [3.05, 3.63) is 88.7 Å². The molecule has 0 saturated carbocycles. The van der Waals surface area contributed by atoms with Crippen molar-refractivity contribution in [2.75, 3.05) is 0 Å². The SMILES string of the molecule is O=C(NN=Cc1cc(I)c(I)cc1OCc1ccc(Cl)cc1Cl)c1cccnc1. The minimum absolute atomic E-state index is 0.273. The first-order valence-corrected chi connectivity index (χ1v) is 11.1. The number of carbonyl (C=O) groups excluding carboxylic acids is 1. The fourth-order valence-electron chi connectivity index (χ4n) is 2.29. The molecule has 0 aliphatic carbocycles. The summed E-state index contributed by atoms with van der Waals surface area (Å²) in [6, 6.07) is 12.5. The molecule has 1 aromatic heterocycles. The molecule has 0 saturated heterocycles. The number of amides is 1. The van der Waals surface area contributed by atoms with Crippen LogP contribution in [0.1, 0.15) is 21.5 Å². The Morgan fingerprint density at radius 1 is 1.17 bits per heavy atom. The summed E-state index contributed by atoms with van der Waals surface area (Å²) in [4.78, 5) is 16.0. The molecule has 148 valence electrons. The van der Waals surface area contributed by atoms with Crippen LogP contribution in [-0.4, -0.2) is 17.1 Å². The van der Waals surface area contributed by atoms with Gasteiger partial charge in [-0.2, -0.15) is 5.10 Å². The number of hydrogen-bond acceptors (Lipinski definition) is 4. The summed E-state index contributed by atoms with van der Waals surface area (Å²) in [5.41, 5.74) is 4.46. The fourth-order valence-corrected chi connectivity index (χ4v) is 3.68. The highest BCUT2D eigenvalue weighted by atomic mass is 127. The van der Waals surface area contributed by atoms with Gasteiger partial charge in [0, 0.05) is 40.7 Å². The zero-order valence-electron chi connectivity index (χ0n) is 14.7. The Labute approximate surface area is 205 Å². The lowest BCUT2D eigenvalue weighted by molar-refractivity contribution is 0.0954. The van der Waals surface area contributed by atoms with Crippen LogP contribution in [0.3, 0.4) is 0 Å². The van der Waals surface area contributed by atoms with E-state index in [-0.39, 0.29) is 12.5 Å². The Kier molecular flexibility index (Phi) is 8.10. The topological polar surface area (TPSA) is 63.6 Å². The second-order valence-electron chi connectivity index (χ2n) is 5.77. The van der Waals surface area contributed by atoms with Gasteiger partial charge >= 0.3 is 0 Å². The zero-order chi connectivity index (χ0) is 20.8. The minimum Gasteiger partial charge on any atom is -0.488 e. The Morgan fingerprint density at radius 2 is 1.97 bits per heavy atom. The van der Waals surface area contributed by atoms with Gasteiger partial charge < -0.3 is 4.74 Å². The summed E-state index contributed by atoms with van der Waals surface area (Å²) in [6.45, 7) is 0.273. The monoisotopic (exact) mass is 651 g/mol. The lowest BCUT2D eigenvalue weighted by Crippen LogP contribution is -2.17. The van der Waals surface area contributed by atoms with E-state index in [2.05, 4.69) is 60.7 Å². The largest absolute Gasteiger partial charge is 0.488 e. The van der Waals surface area contributed by atoms with Gasteiger partial charge in [0.25, 0.3) is 5.91 Å². The quantitative estimate of drug-likeness (QED) is 0.204. The van der Waals surface area contributed by atoms with E-state index in [4.69, 9.17) is 27.9 Å². The molecule has 0 unspecified atom stereocenters. The van der Waals surface area contributed by atoms with Crippen LogP contribution in [-0.2, 0) is 6.61 Å². The molecule has 0 fully saturated rings. The Bertz CT molecular complexity index is 1060. The number of rotatable bonds is 6. The number of aromatic nitrogens is 1. The van der Waals surface area contributed by atoms with Gasteiger partial charge in [-0.05, 0) is 81.6 Å². The highest BCUT2D eigenvalue weighted by Gasteiger charge is 2.10. The number of benzene rings is 2. The molecule has 2 aromatic carbocycles. The lowest BCUT2D eigenvalue weighted by atomic mass is 10.2. The molecule has 9 heteroatoms. The van der Waals surface area contributed by atoms with Crippen LogP contribution in [0.15, 0.2) is 60.0 Å². The van der Waals surface area contributed by atoms with Crippen LogP contribution in [0.4, 0.5) is 0 Å². The summed E-state index contributed by atoms with van der Waals surface area (Å²) >= 11 is 16.6. The second-order valence-corrected chi connectivity index (χ2v) is 8.94. The average molecular weight is 652 g/mol. The molecule has 1 N–H and O–H groups in total. The van der Waals surface area contributed by atoms with Gasteiger partial charge in [0.2, 0.25) is 0 Å². The van der Waals surface area contributed by atoms with Crippen molar-refractivity contribution in [2.45, 2.75) is 6.61 Å². The highest BCUT2D eigenvalue weighted by molar-refractivity contribution is 14.1. The second kappa shape index (κ2) is 10.6. The first-order chi connectivity index (χ1) is 13.9. The summed E-state index contributed by atoms with van der Waals surface area (Å²) in [7, 11) is 0. The van der Waals surface area contributed by atoms with Crippen molar-refractivity contribution in [2.24, 2.45) is 5.10 Å². The maximum atomic E-state index is 12.1. The number of nitrogens with one attached hydrogen (secondary N) is 1. The predicted molar refractivity (Wildman–Crippen MR) is 132 cm³/mol. The lowest BCUT2D eigenvalue weighted by Gasteiger charge is -2.12. The normalized spacial score (nSPS) is 10.9. The Hall–Kier alpha value is -1.43. The maximum absolute atomic E-state index is 12.1. The van der Waals surface area contributed by atoms with Crippen molar-refractivity contribution in [1.82, 2.24) is 10.4 Å². The molecule has 5 nitrogen and oxygen atoms in total. The average Bonchev–Trinajstić information content (AvgIpc) is 2.71. The zero-order valence-corrected chi connectivity index (χ0v) is 20.5. The number of halogens is 4. The van der Waals surface area contributed by atoms with Crippen LogP contribution in [0.25, 0.3) is 0 Å². The van der Waals surface area contributed by atoms with Gasteiger partial charge in [0.15, 0.2) is 0 Å². The molecular formula is C20H13Cl2I2N3O2. The molecule has 0 spiro atoms. The molecule has 0 radical (unpaired) electrons. The highest BCUT2D eigenvalue weighted by Crippen LogP contribution is 2.28. The molecule has 0 bridgehead atoms. The molecule has 3 aromatic rings. The molecular weight excluding hydrogens is 639 g/mol. The first-order valence-electron chi connectivity index (χ1n) is 8.23. The van der Waals surface area contributed by atoms with Gasteiger partial charge in [-0.15, -0.1) is 0 Å². The third-order valence-electron chi connectivity index (χ3n) is 3.74. The van der Waals surface area contributed by atoms with Gasteiger partial charge in [-0.25, -0.2) is 5.43 Å². The number of ether oxygens (including phenoxy) is 1. The van der Waals surface area contributed by atoms with Crippen LogP contribution in [0.5, 0.6) is 5.75 Å². The van der Waals surface area contributed by atoms with E-state index in [1.54, 1.807) is 36.7 Å². The summed E-state index contributed by atoms with van der Waals surface area (Å²) in [5.74, 6) is 0.283. The van der Waals surface area contributed by atoms with Gasteiger partial charge in [-0.3, -0.25) is 9.78 Å². The van der Waals surface area contributed by atoms with Crippen LogP contribution < -0.4 is 10.2 Å². The smallest absolute Gasteiger partial charge is 0.272 e. The van der Waals surface area contributed by atoms with E-state index < -0.39 is 0 Å². The molecule has 0 aliphatic rings. The number of hydrazone groups is 1. The number of carbonyl (C=O) groups is 1. The minimum atomic E-state index is -0.343. The number of pyridine rings is 1. The van der Waals surface area contributed by atoms with E-state index in [9.17, 15) is 4.79 Å². The molecule has 1 heterocycles. The van der Waals surface area contributed by atoms with Crippen molar-refractivity contribution in [3.63, 3.8) is 0 Å². The first kappa shape index (κ1) is 22.3. The maximum Gasteiger partial charge on any atom is 0.272 e. The standard InChI is InChI=1S/C20H13Cl2I2N3O2/c21-15-4-3-13(16(22)7-15)11-29-19-8-18(24)17(23)6-14(19)10-26-27-20(28)12-2-1-5-25-9-12/h1-10H,11H2,(H,27,28). The van der Waals surface area contributed by atoms with Crippen molar-refractivity contribution >= 4 is 80.5 Å². The van der Waals surface area contributed by atoms with Crippen molar-refractivity contribution in [3.8, 4) is 5.75 Å². The molecule has 29 heavy (non-hydrogen) atoms. The van der Waals surface area contributed by atoms with E-state index in [1.807, 2.05) is 18.2 Å². The molecule has 1 amide bonds. The summed E-state index contributed by atoms with van der Waals surface area (Å²) in [6.07, 6.45) is 4.62.